The normalized spacial score (nSPS) is 9.50. The van der Waals surface area contributed by atoms with Crippen molar-refractivity contribution in [1.82, 2.24) is 10.1 Å². The van der Waals surface area contributed by atoms with Gasteiger partial charge in [-0.25, -0.2) is 0 Å². The molecule has 0 atom stereocenters. The van der Waals surface area contributed by atoms with E-state index >= 15 is 0 Å². The predicted molar refractivity (Wildman–Crippen MR) is 62.2 cm³/mol. The molecular weight excluding hydrogens is 230 g/mol. The number of hydrogen-bond acceptors (Lipinski definition) is 6. The number of anilines is 1. The van der Waals surface area contributed by atoms with Crippen molar-refractivity contribution in [2.45, 2.75) is 13.5 Å². The van der Waals surface area contributed by atoms with E-state index in [1.165, 1.54) is 0 Å². The highest BCUT2D eigenvalue weighted by Gasteiger charge is 2.05. The zero-order chi connectivity index (χ0) is 13.0. The fraction of sp³-hybridized carbons (Fsp3) is 0.167. The average Bonchev–Trinajstić information content (AvgIpc) is 2.81. The first kappa shape index (κ1) is 11.6. The molecule has 0 saturated heterocycles. The summed E-state index contributed by atoms with van der Waals surface area (Å²) in [5, 5.41) is 24.5. The van der Waals surface area contributed by atoms with E-state index < -0.39 is 0 Å². The molecular formula is C12H9N5O. The Morgan fingerprint density at radius 2 is 2.06 bits per heavy atom. The van der Waals surface area contributed by atoms with Gasteiger partial charge in [0.2, 0.25) is 5.89 Å². The van der Waals surface area contributed by atoms with Crippen LogP contribution in [0.3, 0.4) is 0 Å². The van der Waals surface area contributed by atoms with Gasteiger partial charge in [-0.15, -0.1) is 0 Å². The van der Waals surface area contributed by atoms with Crippen molar-refractivity contribution in [2.75, 3.05) is 5.32 Å². The summed E-state index contributed by atoms with van der Waals surface area (Å²) in [5.74, 6) is 1.04. The molecule has 6 nitrogen and oxygen atoms in total. The maximum atomic E-state index is 8.89. The molecule has 1 aromatic carbocycles. The molecule has 0 unspecified atom stereocenters. The minimum absolute atomic E-state index is 0.340. The van der Waals surface area contributed by atoms with Crippen molar-refractivity contribution in [3.63, 3.8) is 0 Å². The van der Waals surface area contributed by atoms with Crippen LogP contribution >= 0.6 is 0 Å². The molecule has 0 spiro atoms. The summed E-state index contributed by atoms with van der Waals surface area (Å²) in [6.07, 6.45) is 0. The summed E-state index contributed by atoms with van der Waals surface area (Å²) in [7, 11) is 0. The highest BCUT2D eigenvalue weighted by atomic mass is 16.5. The van der Waals surface area contributed by atoms with E-state index in [9.17, 15) is 0 Å². The summed E-state index contributed by atoms with van der Waals surface area (Å²) < 4.78 is 4.84. The Kier molecular flexibility index (Phi) is 3.22. The van der Waals surface area contributed by atoms with Crippen LogP contribution in [0, 0.1) is 29.6 Å². The molecule has 18 heavy (non-hydrogen) atoms. The highest BCUT2D eigenvalue weighted by molar-refractivity contribution is 5.56. The lowest BCUT2D eigenvalue weighted by atomic mass is 10.1. The molecule has 0 bridgehead atoms. The van der Waals surface area contributed by atoms with Gasteiger partial charge in [-0.05, 0) is 18.2 Å². The number of benzene rings is 1. The number of aryl methyl sites for hydroxylation is 1. The van der Waals surface area contributed by atoms with E-state index in [1.807, 2.05) is 12.1 Å². The maximum Gasteiger partial charge on any atom is 0.223 e. The van der Waals surface area contributed by atoms with Gasteiger partial charge in [0.1, 0.15) is 12.1 Å². The fourth-order valence-corrected chi connectivity index (χ4v) is 1.44. The predicted octanol–water partition coefficient (Wildman–Crippen LogP) is 1.73. The van der Waals surface area contributed by atoms with Crippen molar-refractivity contribution in [3.8, 4) is 12.1 Å². The van der Waals surface area contributed by atoms with Crippen LogP contribution < -0.4 is 5.32 Å². The molecule has 0 aliphatic carbocycles. The number of nitrogens with one attached hydrogen (secondary N) is 1. The molecule has 1 aromatic heterocycles. The first-order chi connectivity index (χ1) is 8.72. The SMILES string of the molecule is Cc1nc(CNc2ccc(C#N)c(C#N)c2)no1. The van der Waals surface area contributed by atoms with E-state index in [4.69, 9.17) is 15.0 Å². The Labute approximate surface area is 103 Å². The summed E-state index contributed by atoms with van der Waals surface area (Å²) in [6.45, 7) is 2.11. The van der Waals surface area contributed by atoms with Crippen LogP contribution in [0.25, 0.3) is 0 Å². The second-order valence-corrected chi connectivity index (χ2v) is 3.57. The molecule has 1 heterocycles. The lowest BCUT2D eigenvalue weighted by Gasteiger charge is -2.04. The van der Waals surface area contributed by atoms with E-state index in [2.05, 4.69) is 15.5 Å². The minimum atomic E-state index is 0.340. The Hall–Kier alpha value is -2.86. The smallest absolute Gasteiger partial charge is 0.223 e. The van der Waals surface area contributed by atoms with Crippen molar-refractivity contribution in [1.29, 1.82) is 10.5 Å². The molecule has 0 fully saturated rings. The zero-order valence-electron chi connectivity index (χ0n) is 9.64. The molecule has 0 radical (unpaired) electrons. The van der Waals surface area contributed by atoms with E-state index in [0.29, 0.717) is 29.4 Å². The Morgan fingerprint density at radius 3 is 2.67 bits per heavy atom. The third-order valence-corrected chi connectivity index (χ3v) is 2.28. The monoisotopic (exact) mass is 239 g/mol. The number of rotatable bonds is 3. The molecule has 0 amide bonds. The molecule has 2 aromatic rings. The number of nitriles is 2. The van der Waals surface area contributed by atoms with E-state index in [-0.39, 0.29) is 0 Å². The Morgan fingerprint density at radius 1 is 1.28 bits per heavy atom. The van der Waals surface area contributed by atoms with Crippen LogP contribution in [-0.2, 0) is 6.54 Å². The van der Waals surface area contributed by atoms with Gasteiger partial charge in [0.25, 0.3) is 0 Å². The van der Waals surface area contributed by atoms with Gasteiger partial charge in [-0.1, -0.05) is 5.16 Å². The van der Waals surface area contributed by atoms with Gasteiger partial charge in [0.05, 0.1) is 17.7 Å². The first-order valence-electron chi connectivity index (χ1n) is 5.20. The molecule has 0 aliphatic rings. The van der Waals surface area contributed by atoms with Crippen LogP contribution in [-0.4, -0.2) is 10.1 Å². The van der Waals surface area contributed by atoms with Gasteiger partial charge in [-0.2, -0.15) is 15.5 Å². The summed E-state index contributed by atoms with van der Waals surface area (Å²) in [6, 6.07) is 8.88. The van der Waals surface area contributed by atoms with Gasteiger partial charge >= 0.3 is 0 Å². The zero-order valence-corrected chi connectivity index (χ0v) is 9.64. The van der Waals surface area contributed by atoms with E-state index in [0.717, 1.165) is 5.69 Å². The van der Waals surface area contributed by atoms with Crippen LogP contribution in [0.4, 0.5) is 5.69 Å². The summed E-state index contributed by atoms with van der Waals surface area (Å²) in [5.41, 5.74) is 1.43. The van der Waals surface area contributed by atoms with Crippen molar-refractivity contribution < 1.29 is 4.52 Å². The second-order valence-electron chi connectivity index (χ2n) is 3.57. The largest absolute Gasteiger partial charge is 0.378 e. The second kappa shape index (κ2) is 4.98. The first-order valence-corrected chi connectivity index (χ1v) is 5.20. The van der Waals surface area contributed by atoms with Crippen molar-refractivity contribution >= 4 is 5.69 Å². The highest BCUT2D eigenvalue weighted by Crippen LogP contribution is 2.15. The maximum absolute atomic E-state index is 8.89. The topological polar surface area (TPSA) is 98.5 Å². The molecule has 88 valence electrons. The number of aromatic nitrogens is 2. The molecule has 0 aliphatic heterocycles. The molecule has 0 saturated carbocycles. The van der Waals surface area contributed by atoms with Crippen LogP contribution in [0.2, 0.25) is 0 Å². The third-order valence-electron chi connectivity index (χ3n) is 2.28. The molecule has 6 heteroatoms. The quantitative estimate of drug-likeness (QED) is 0.875. The molecule has 2 rings (SSSR count). The van der Waals surface area contributed by atoms with Crippen LogP contribution in [0.15, 0.2) is 22.7 Å². The van der Waals surface area contributed by atoms with Gasteiger partial charge < -0.3 is 9.84 Å². The van der Waals surface area contributed by atoms with Gasteiger partial charge in [-0.3, -0.25) is 0 Å². The van der Waals surface area contributed by atoms with Crippen LogP contribution in [0.1, 0.15) is 22.8 Å². The molecule has 1 N–H and O–H groups in total. The summed E-state index contributed by atoms with van der Waals surface area (Å²) >= 11 is 0. The Balaban J connectivity index is 2.11. The number of nitrogens with zero attached hydrogens (tertiary/aromatic N) is 4. The van der Waals surface area contributed by atoms with Crippen LogP contribution in [0.5, 0.6) is 0 Å². The number of hydrogen-bond donors (Lipinski definition) is 1. The average molecular weight is 239 g/mol. The third kappa shape index (κ3) is 2.45. The lowest BCUT2D eigenvalue weighted by Crippen LogP contribution is -2.01. The lowest BCUT2D eigenvalue weighted by molar-refractivity contribution is 0.388. The van der Waals surface area contributed by atoms with Crippen molar-refractivity contribution in [2.24, 2.45) is 0 Å². The Bertz CT molecular complexity index is 647. The van der Waals surface area contributed by atoms with Gasteiger partial charge in [0.15, 0.2) is 5.82 Å². The van der Waals surface area contributed by atoms with E-state index in [1.54, 1.807) is 25.1 Å². The minimum Gasteiger partial charge on any atom is -0.378 e. The van der Waals surface area contributed by atoms with Crippen molar-refractivity contribution in [3.05, 3.63) is 41.0 Å². The summed E-state index contributed by atoms with van der Waals surface area (Å²) in [4.78, 5) is 4.04. The standard InChI is InChI=1S/C12H9N5O/c1-8-16-12(17-18-8)7-15-11-3-2-9(5-13)10(4-11)6-14/h2-4,15H,7H2,1H3. The fourth-order valence-electron chi connectivity index (χ4n) is 1.44. The van der Waals surface area contributed by atoms with Gasteiger partial charge in [0, 0.05) is 12.6 Å².